The van der Waals surface area contributed by atoms with E-state index in [2.05, 4.69) is 20.5 Å². The van der Waals surface area contributed by atoms with E-state index in [0.29, 0.717) is 5.02 Å². The van der Waals surface area contributed by atoms with Crippen LogP contribution >= 0.6 is 11.6 Å². The van der Waals surface area contributed by atoms with Crippen molar-refractivity contribution in [1.82, 2.24) is 15.2 Å². The van der Waals surface area contributed by atoms with Crippen molar-refractivity contribution in [3.05, 3.63) is 59.4 Å². The van der Waals surface area contributed by atoms with Gasteiger partial charge in [-0.1, -0.05) is 17.7 Å². The summed E-state index contributed by atoms with van der Waals surface area (Å²) in [6.45, 7) is 2.79. The zero-order valence-electron chi connectivity index (χ0n) is 13.4. The number of aromatic nitrogens is 1. The highest BCUT2D eigenvalue weighted by atomic mass is 35.5. The van der Waals surface area contributed by atoms with Crippen molar-refractivity contribution in [3.8, 4) is 0 Å². The van der Waals surface area contributed by atoms with Crippen LogP contribution in [0.3, 0.4) is 0 Å². The molecule has 2 amide bonds. The van der Waals surface area contributed by atoms with Crippen LogP contribution in [0.4, 0.5) is 10.5 Å². The molecule has 0 atom stereocenters. The zero-order chi connectivity index (χ0) is 16.8. The van der Waals surface area contributed by atoms with Crippen LogP contribution in [0, 0.1) is 0 Å². The Bertz CT molecular complexity index is 654. The predicted octanol–water partition coefficient (Wildman–Crippen LogP) is 3.52. The van der Waals surface area contributed by atoms with Gasteiger partial charge in [0, 0.05) is 42.6 Å². The van der Waals surface area contributed by atoms with Crippen molar-refractivity contribution in [2.45, 2.75) is 25.4 Å². The fraction of sp³-hybridized carbons (Fsp3) is 0.333. The molecule has 6 heteroatoms. The van der Waals surface area contributed by atoms with Gasteiger partial charge in [-0.15, -0.1) is 0 Å². The van der Waals surface area contributed by atoms with Crippen LogP contribution < -0.4 is 10.6 Å². The average Bonchev–Trinajstić information content (AvgIpc) is 2.60. The minimum atomic E-state index is -0.166. The Labute approximate surface area is 147 Å². The molecule has 0 bridgehead atoms. The van der Waals surface area contributed by atoms with E-state index in [9.17, 15) is 4.79 Å². The molecule has 24 heavy (non-hydrogen) atoms. The molecule has 1 saturated heterocycles. The van der Waals surface area contributed by atoms with Gasteiger partial charge >= 0.3 is 6.03 Å². The highest BCUT2D eigenvalue weighted by molar-refractivity contribution is 6.30. The molecule has 3 rings (SSSR count). The van der Waals surface area contributed by atoms with Crippen LogP contribution in [0.15, 0.2) is 48.7 Å². The maximum atomic E-state index is 12.1. The molecule has 1 aromatic heterocycles. The summed E-state index contributed by atoms with van der Waals surface area (Å²) in [5, 5.41) is 6.53. The number of amides is 2. The maximum Gasteiger partial charge on any atom is 0.319 e. The van der Waals surface area contributed by atoms with E-state index >= 15 is 0 Å². The number of likely N-dealkylation sites (tertiary alicyclic amines) is 1. The number of piperidine rings is 1. The number of pyridine rings is 1. The van der Waals surface area contributed by atoms with Crippen LogP contribution in [-0.4, -0.2) is 35.0 Å². The summed E-state index contributed by atoms with van der Waals surface area (Å²) < 4.78 is 0. The highest BCUT2D eigenvalue weighted by Crippen LogP contribution is 2.15. The highest BCUT2D eigenvalue weighted by Gasteiger charge is 2.20. The predicted molar refractivity (Wildman–Crippen MR) is 96.1 cm³/mol. The first-order valence-electron chi connectivity index (χ1n) is 8.14. The van der Waals surface area contributed by atoms with Gasteiger partial charge in [0.05, 0.1) is 5.69 Å². The lowest BCUT2D eigenvalue weighted by atomic mass is 10.1. The third kappa shape index (κ3) is 4.94. The zero-order valence-corrected chi connectivity index (χ0v) is 14.2. The van der Waals surface area contributed by atoms with E-state index < -0.39 is 0 Å². The van der Waals surface area contributed by atoms with Gasteiger partial charge in [0.15, 0.2) is 0 Å². The summed E-state index contributed by atoms with van der Waals surface area (Å²) >= 11 is 5.84. The smallest absolute Gasteiger partial charge is 0.319 e. The second-order valence-electron chi connectivity index (χ2n) is 5.98. The molecule has 0 aliphatic carbocycles. The molecular weight excluding hydrogens is 324 g/mol. The number of nitrogens with one attached hydrogen (secondary N) is 2. The number of urea groups is 1. The molecule has 0 spiro atoms. The molecule has 1 aliphatic heterocycles. The van der Waals surface area contributed by atoms with Gasteiger partial charge in [0.25, 0.3) is 0 Å². The van der Waals surface area contributed by atoms with Gasteiger partial charge in [0.1, 0.15) is 0 Å². The lowest BCUT2D eigenvalue weighted by Gasteiger charge is -2.32. The summed E-state index contributed by atoms with van der Waals surface area (Å²) in [5.74, 6) is 0. The average molecular weight is 345 g/mol. The Hall–Kier alpha value is -2.11. The second kappa shape index (κ2) is 8.13. The van der Waals surface area contributed by atoms with Gasteiger partial charge in [-0.25, -0.2) is 4.79 Å². The third-order valence-electron chi connectivity index (χ3n) is 4.14. The van der Waals surface area contributed by atoms with Gasteiger partial charge in [0.2, 0.25) is 0 Å². The van der Waals surface area contributed by atoms with Gasteiger partial charge in [-0.2, -0.15) is 0 Å². The summed E-state index contributed by atoms with van der Waals surface area (Å²) in [6, 6.07) is 13.1. The van der Waals surface area contributed by atoms with Gasteiger partial charge < -0.3 is 10.6 Å². The number of anilines is 1. The molecule has 1 aliphatic rings. The molecule has 0 unspecified atom stereocenters. The number of carbonyl (C=O) groups excluding carboxylic acids is 1. The van der Waals surface area contributed by atoms with Crippen molar-refractivity contribution in [2.24, 2.45) is 0 Å². The van der Waals surface area contributed by atoms with Crippen molar-refractivity contribution in [1.29, 1.82) is 0 Å². The minimum Gasteiger partial charge on any atom is -0.335 e. The van der Waals surface area contributed by atoms with Crippen LogP contribution in [0.1, 0.15) is 18.5 Å². The molecule has 126 valence electrons. The fourth-order valence-corrected chi connectivity index (χ4v) is 2.97. The topological polar surface area (TPSA) is 57.3 Å². The van der Waals surface area contributed by atoms with Crippen molar-refractivity contribution in [2.75, 3.05) is 18.4 Å². The molecular formula is C18H21ClN4O. The van der Waals surface area contributed by atoms with Crippen LogP contribution in [0.2, 0.25) is 5.02 Å². The first kappa shape index (κ1) is 16.7. The lowest BCUT2D eigenvalue weighted by Crippen LogP contribution is -2.45. The largest absolute Gasteiger partial charge is 0.335 e. The van der Waals surface area contributed by atoms with Crippen LogP contribution in [0.5, 0.6) is 0 Å². The number of hydrogen-bond donors (Lipinski definition) is 2. The molecule has 0 radical (unpaired) electrons. The maximum absolute atomic E-state index is 12.1. The fourth-order valence-electron chi connectivity index (χ4n) is 2.84. The van der Waals surface area contributed by atoms with Crippen LogP contribution in [-0.2, 0) is 6.54 Å². The monoisotopic (exact) mass is 344 g/mol. The number of halogens is 1. The molecule has 2 heterocycles. The normalized spacial score (nSPS) is 15.9. The summed E-state index contributed by atoms with van der Waals surface area (Å²) in [6.07, 6.45) is 3.71. The number of hydrogen-bond acceptors (Lipinski definition) is 3. The van der Waals surface area contributed by atoms with E-state index in [0.717, 1.165) is 43.9 Å². The second-order valence-corrected chi connectivity index (χ2v) is 6.41. The lowest BCUT2D eigenvalue weighted by molar-refractivity contribution is 0.188. The first-order chi connectivity index (χ1) is 11.7. The minimum absolute atomic E-state index is 0.166. The third-order valence-corrected chi connectivity index (χ3v) is 4.39. The van der Waals surface area contributed by atoms with Crippen molar-refractivity contribution < 1.29 is 4.79 Å². The van der Waals surface area contributed by atoms with Gasteiger partial charge in [-0.3, -0.25) is 9.88 Å². The van der Waals surface area contributed by atoms with Crippen molar-refractivity contribution in [3.63, 3.8) is 0 Å². The van der Waals surface area contributed by atoms with E-state index in [1.807, 2.05) is 24.4 Å². The standard InChI is InChI=1S/C18H21ClN4O/c19-14-4-6-15(7-5-14)21-18(24)22-16-8-11-23(12-9-16)13-17-3-1-2-10-20-17/h1-7,10,16H,8-9,11-13H2,(H2,21,22,24). The van der Waals surface area contributed by atoms with Crippen molar-refractivity contribution >= 4 is 23.3 Å². The molecule has 2 N–H and O–H groups in total. The van der Waals surface area contributed by atoms with Crippen LogP contribution in [0.25, 0.3) is 0 Å². The Kier molecular flexibility index (Phi) is 5.67. The van der Waals surface area contributed by atoms with E-state index in [1.165, 1.54) is 0 Å². The van der Waals surface area contributed by atoms with E-state index in [-0.39, 0.29) is 12.1 Å². The SMILES string of the molecule is O=C(Nc1ccc(Cl)cc1)NC1CCN(Cc2ccccn2)CC1. The summed E-state index contributed by atoms with van der Waals surface area (Å²) in [5.41, 5.74) is 1.83. The number of rotatable bonds is 4. The number of nitrogens with zero attached hydrogens (tertiary/aromatic N) is 2. The Balaban J connectivity index is 1.41. The number of carbonyl (C=O) groups is 1. The molecule has 1 fully saturated rings. The molecule has 2 aromatic rings. The summed E-state index contributed by atoms with van der Waals surface area (Å²) in [4.78, 5) is 18.8. The van der Waals surface area contributed by atoms with Gasteiger partial charge in [-0.05, 0) is 49.2 Å². The Morgan fingerprint density at radius 2 is 1.92 bits per heavy atom. The van der Waals surface area contributed by atoms with E-state index in [4.69, 9.17) is 11.6 Å². The Morgan fingerprint density at radius 3 is 2.58 bits per heavy atom. The molecule has 1 aromatic carbocycles. The first-order valence-corrected chi connectivity index (χ1v) is 8.52. The number of benzene rings is 1. The Morgan fingerprint density at radius 1 is 1.17 bits per heavy atom. The molecule has 0 saturated carbocycles. The summed E-state index contributed by atoms with van der Waals surface area (Å²) in [7, 11) is 0. The quantitative estimate of drug-likeness (QED) is 0.892. The molecule has 5 nitrogen and oxygen atoms in total. The van der Waals surface area contributed by atoms with E-state index in [1.54, 1.807) is 24.3 Å².